The maximum Gasteiger partial charge on any atom is 0.252 e. The van der Waals surface area contributed by atoms with Gasteiger partial charge in [0.05, 0.1) is 4.88 Å². The molecule has 1 saturated carbocycles. The van der Waals surface area contributed by atoms with E-state index in [9.17, 15) is 9.59 Å². The van der Waals surface area contributed by atoms with Gasteiger partial charge in [0.1, 0.15) is 11.5 Å². The lowest BCUT2D eigenvalue weighted by molar-refractivity contribution is -0.117. The molecule has 2 N–H and O–H groups in total. The van der Waals surface area contributed by atoms with E-state index in [2.05, 4.69) is 20.4 Å². The summed E-state index contributed by atoms with van der Waals surface area (Å²) in [5.41, 5.74) is 1.05. The second kappa shape index (κ2) is 5.72. The summed E-state index contributed by atoms with van der Waals surface area (Å²) < 4.78 is 1.48. The topological polar surface area (TPSA) is 92.7 Å². The minimum atomic E-state index is -0.259. The minimum Gasteiger partial charge on any atom is -0.310 e. The zero-order chi connectivity index (χ0) is 16.7. The molecule has 24 heavy (non-hydrogen) atoms. The zero-order valence-corrected chi connectivity index (χ0v) is 13.8. The number of hydrogen-bond donors (Lipinski definition) is 2. The van der Waals surface area contributed by atoms with Crippen molar-refractivity contribution in [3.05, 3.63) is 45.7 Å². The van der Waals surface area contributed by atoms with Crippen LogP contribution in [0, 0.1) is 12.8 Å². The molecule has 0 aliphatic heterocycles. The van der Waals surface area contributed by atoms with E-state index >= 15 is 0 Å². The highest BCUT2D eigenvalue weighted by Gasteiger charge is 2.30. The van der Waals surface area contributed by atoms with Crippen LogP contribution in [0.25, 0.3) is 16.5 Å². The maximum absolute atomic E-state index is 12.1. The van der Waals surface area contributed by atoms with Crippen LogP contribution in [0.15, 0.2) is 34.4 Å². The van der Waals surface area contributed by atoms with Crippen LogP contribution in [-0.4, -0.2) is 25.7 Å². The molecule has 1 aliphatic rings. The van der Waals surface area contributed by atoms with Crippen molar-refractivity contribution in [1.29, 1.82) is 0 Å². The van der Waals surface area contributed by atoms with Gasteiger partial charge in [0.25, 0.3) is 5.56 Å². The second-order valence-electron chi connectivity index (χ2n) is 5.78. The molecule has 3 aromatic rings. The summed E-state index contributed by atoms with van der Waals surface area (Å²) in [6.07, 6.45) is 1.83. The molecule has 0 saturated heterocycles. The van der Waals surface area contributed by atoms with E-state index in [-0.39, 0.29) is 23.3 Å². The number of thiophene rings is 1. The molecule has 3 heterocycles. The molecular formula is C16H15N5O2S. The maximum atomic E-state index is 12.1. The van der Waals surface area contributed by atoms with E-state index in [1.165, 1.54) is 10.7 Å². The monoisotopic (exact) mass is 341 g/mol. The van der Waals surface area contributed by atoms with Crippen molar-refractivity contribution in [2.24, 2.45) is 5.92 Å². The summed E-state index contributed by atoms with van der Waals surface area (Å²) in [4.78, 5) is 31.9. The quantitative estimate of drug-likeness (QED) is 0.762. The molecule has 0 atom stereocenters. The molecule has 0 unspecified atom stereocenters. The smallest absolute Gasteiger partial charge is 0.252 e. The van der Waals surface area contributed by atoms with Crippen LogP contribution in [0.4, 0.5) is 5.82 Å². The molecule has 0 aromatic carbocycles. The van der Waals surface area contributed by atoms with E-state index in [1.807, 2.05) is 17.5 Å². The Morgan fingerprint density at radius 2 is 2.25 bits per heavy atom. The Hall–Kier alpha value is -2.74. The van der Waals surface area contributed by atoms with E-state index in [4.69, 9.17) is 0 Å². The largest absolute Gasteiger partial charge is 0.310 e. The van der Waals surface area contributed by atoms with E-state index in [0.29, 0.717) is 11.5 Å². The van der Waals surface area contributed by atoms with Crippen molar-refractivity contribution < 1.29 is 4.79 Å². The van der Waals surface area contributed by atoms with Gasteiger partial charge in [-0.05, 0) is 31.2 Å². The number of nitrogens with zero attached hydrogens (tertiary/aromatic N) is 3. The molecule has 4 rings (SSSR count). The number of hydrogen-bond acceptors (Lipinski definition) is 5. The molecule has 0 radical (unpaired) electrons. The molecule has 0 spiro atoms. The first kappa shape index (κ1) is 14.8. The van der Waals surface area contributed by atoms with Gasteiger partial charge in [0.2, 0.25) is 11.9 Å². The SMILES string of the molecule is Cc1cc(=O)[nH]c(-n2nc(-c3cccs3)cc2NC(=O)C2CC2)n1. The fraction of sp³-hybridized carbons (Fsp3) is 0.250. The number of nitrogens with one attached hydrogen (secondary N) is 2. The Balaban J connectivity index is 1.80. The average molecular weight is 341 g/mol. The van der Waals surface area contributed by atoms with Gasteiger partial charge in [-0.25, -0.2) is 4.98 Å². The van der Waals surface area contributed by atoms with Gasteiger partial charge in [-0.3, -0.25) is 14.6 Å². The zero-order valence-electron chi connectivity index (χ0n) is 12.9. The third-order valence-corrected chi connectivity index (χ3v) is 4.63. The Kier molecular flexibility index (Phi) is 3.53. The van der Waals surface area contributed by atoms with Gasteiger partial charge in [0, 0.05) is 23.7 Å². The summed E-state index contributed by atoms with van der Waals surface area (Å²) >= 11 is 1.56. The van der Waals surface area contributed by atoms with Crippen LogP contribution < -0.4 is 10.9 Å². The van der Waals surface area contributed by atoms with Gasteiger partial charge in [-0.15, -0.1) is 11.3 Å². The normalized spacial score (nSPS) is 13.9. The number of amides is 1. The standard InChI is InChI=1S/C16H15N5O2S/c1-9-7-14(22)19-16(17-9)21-13(18-15(23)10-4-5-10)8-11(20-21)12-3-2-6-24-12/h2-3,6-8,10H,4-5H2,1H3,(H,18,23)(H,17,19,22). The predicted molar refractivity (Wildman–Crippen MR) is 91.4 cm³/mol. The van der Waals surface area contributed by atoms with Crippen LogP contribution >= 0.6 is 11.3 Å². The highest BCUT2D eigenvalue weighted by molar-refractivity contribution is 7.13. The Bertz CT molecular complexity index is 953. The molecule has 0 bridgehead atoms. The number of aromatic amines is 1. The van der Waals surface area contributed by atoms with Crippen molar-refractivity contribution in [2.45, 2.75) is 19.8 Å². The van der Waals surface area contributed by atoms with Crippen molar-refractivity contribution in [3.8, 4) is 16.5 Å². The van der Waals surface area contributed by atoms with Crippen molar-refractivity contribution in [3.63, 3.8) is 0 Å². The molecule has 7 nitrogen and oxygen atoms in total. The number of anilines is 1. The number of carbonyl (C=O) groups is 1. The molecule has 122 valence electrons. The molecule has 1 fully saturated rings. The third kappa shape index (κ3) is 2.88. The average Bonchev–Trinajstić information content (AvgIpc) is 3.08. The lowest BCUT2D eigenvalue weighted by atomic mass is 10.3. The molecule has 1 amide bonds. The van der Waals surface area contributed by atoms with E-state index in [0.717, 1.165) is 23.4 Å². The number of H-pyrrole nitrogens is 1. The van der Waals surface area contributed by atoms with Gasteiger partial charge in [-0.2, -0.15) is 9.78 Å². The lowest BCUT2D eigenvalue weighted by Gasteiger charge is -2.07. The van der Waals surface area contributed by atoms with Gasteiger partial charge in [0.15, 0.2) is 0 Å². The fourth-order valence-electron chi connectivity index (χ4n) is 2.41. The summed E-state index contributed by atoms with van der Waals surface area (Å²) in [6, 6.07) is 7.11. The van der Waals surface area contributed by atoms with Crippen LogP contribution in [0.5, 0.6) is 0 Å². The molecule has 3 aromatic heterocycles. The van der Waals surface area contributed by atoms with Crippen LogP contribution in [0.3, 0.4) is 0 Å². The molecule has 1 aliphatic carbocycles. The molecule has 8 heteroatoms. The minimum absolute atomic E-state index is 0.0242. The Morgan fingerprint density at radius 1 is 1.42 bits per heavy atom. The third-order valence-electron chi connectivity index (χ3n) is 3.74. The van der Waals surface area contributed by atoms with E-state index in [1.54, 1.807) is 24.3 Å². The van der Waals surface area contributed by atoms with E-state index < -0.39 is 0 Å². The van der Waals surface area contributed by atoms with Crippen LogP contribution in [-0.2, 0) is 4.79 Å². The van der Waals surface area contributed by atoms with Crippen molar-refractivity contribution >= 4 is 23.1 Å². The number of aromatic nitrogens is 4. The second-order valence-corrected chi connectivity index (χ2v) is 6.73. The lowest BCUT2D eigenvalue weighted by Crippen LogP contribution is -2.19. The number of rotatable bonds is 4. The predicted octanol–water partition coefficient (Wildman–Crippen LogP) is 2.34. The highest BCUT2D eigenvalue weighted by atomic mass is 32.1. The van der Waals surface area contributed by atoms with Gasteiger partial charge in [-0.1, -0.05) is 6.07 Å². The number of aryl methyl sites for hydroxylation is 1. The first-order valence-corrected chi connectivity index (χ1v) is 8.51. The summed E-state index contributed by atoms with van der Waals surface area (Å²) in [6.45, 7) is 1.74. The first-order valence-electron chi connectivity index (χ1n) is 7.63. The van der Waals surface area contributed by atoms with Crippen LogP contribution in [0.1, 0.15) is 18.5 Å². The van der Waals surface area contributed by atoms with Crippen LogP contribution in [0.2, 0.25) is 0 Å². The Labute approximate surface area is 141 Å². The highest BCUT2D eigenvalue weighted by Crippen LogP contribution is 2.32. The molecular weight excluding hydrogens is 326 g/mol. The first-order chi connectivity index (χ1) is 11.6. The Morgan fingerprint density at radius 3 is 2.92 bits per heavy atom. The summed E-state index contributed by atoms with van der Waals surface area (Å²) in [5.74, 6) is 0.838. The van der Waals surface area contributed by atoms with Crippen molar-refractivity contribution in [1.82, 2.24) is 19.7 Å². The van der Waals surface area contributed by atoms with Crippen molar-refractivity contribution in [2.75, 3.05) is 5.32 Å². The van der Waals surface area contributed by atoms with Gasteiger partial charge < -0.3 is 5.32 Å². The van der Waals surface area contributed by atoms with Gasteiger partial charge >= 0.3 is 0 Å². The number of carbonyl (C=O) groups excluding carboxylic acids is 1. The summed E-state index contributed by atoms with van der Waals surface area (Å²) in [7, 11) is 0. The fourth-order valence-corrected chi connectivity index (χ4v) is 3.10. The summed E-state index contributed by atoms with van der Waals surface area (Å²) in [5, 5.41) is 9.38.